The fraction of sp³-hybridized carbons (Fsp3) is 1.00. The minimum absolute atomic E-state index is 0.0766. The van der Waals surface area contributed by atoms with Crippen LogP contribution in [-0.4, -0.2) is 65.6 Å². The summed E-state index contributed by atoms with van der Waals surface area (Å²) >= 11 is 0. The number of aliphatic hydroxyl groups excluding tert-OH is 1. The van der Waals surface area contributed by atoms with Crippen LogP contribution in [0.3, 0.4) is 0 Å². The van der Waals surface area contributed by atoms with Gasteiger partial charge in [-0.25, -0.2) is 0 Å². The first-order chi connectivity index (χ1) is 9.72. The van der Waals surface area contributed by atoms with Crippen molar-refractivity contribution in [3.8, 4) is 0 Å². The van der Waals surface area contributed by atoms with E-state index in [1.54, 1.807) is 0 Å². The number of ether oxygens (including phenoxy) is 3. The van der Waals surface area contributed by atoms with E-state index < -0.39 is 23.8 Å². The van der Waals surface area contributed by atoms with E-state index in [4.69, 9.17) is 19.9 Å². The lowest BCUT2D eigenvalue weighted by molar-refractivity contribution is -0.281. The maximum absolute atomic E-state index is 10.3. The number of nitrogens with two attached hydrogens (primary N) is 1. The molecule has 21 heavy (non-hydrogen) atoms. The van der Waals surface area contributed by atoms with Crippen LogP contribution < -0.4 is 5.73 Å². The van der Waals surface area contributed by atoms with Crippen LogP contribution in [0.25, 0.3) is 0 Å². The molecule has 6 heteroatoms. The zero-order chi connectivity index (χ0) is 15.3. The summed E-state index contributed by atoms with van der Waals surface area (Å²) in [6.07, 6.45) is 1.55. The molecule has 3 saturated heterocycles. The Kier molecular flexibility index (Phi) is 3.83. The number of hydrogen-bond donors (Lipinski definition) is 2. The fourth-order valence-corrected chi connectivity index (χ4v) is 3.58. The first-order valence-corrected chi connectivity index (χ1v) is 7.93. The van der Waals surface area contributed by atoms with Crippen LogP contribution in [0.2, 0.25) is 0 Å². The third kappa shape index (κ3) is 3.11. The quantitative estimate of drug-likeness (QED) is 0.770. The zero-order valence-electron chi connectivity index (χ0n) is 13.3. The Labute approximate surface area is 126 Å². The molecule has 3 aliphatic heterocycles. The van der Waals surface area contributed by atoms with Crippen molar-refractivity contribution in [2.24, 2.45) is 5.73 Å². The van der Waals surface area contributed by atoms with E-state index in [0.29, 0.717) is 19.6 Å². The molecular formula is C15H28N2O4. The van der Waals surface area contributed by atoms with E-state index in [1.807, 2.05) is 13.8 Å². The molecule has 3 rings (SSSR count). The van der Waals surface area contributed by atoms with Crippen LogP contribution in [0, 0.1) is 0 Å². The normalized spacial score (nSPS) is 42.7. The number of aliphatic hydroxyl groups is 1. The first kappa shape index (κ1) is 15.6. The van der Waals surface area contributed by atoms with Crippen LogP contribution in [0.5, 0.6) is 0 Å². The molecule has 0 radical (unpaired) electrons. The molecule has 122 valence electrons. The molecule has 0 unspecified atom stereocenters. The Morgan fingerprint density at radius 2 is 1.90 bits per heavy atom. The Hall–Kier alpha value is -0.240. The Morgan fingerprint density at radius 3 is 2.57 bits per heavy atom. The average molecular weight is 300 g/mol. The van der Waals surface area contributed by atoms with Gasteiger partial charge in [-0.3, -0.25) is 4.90 Å². The molecule has 3 atom stereocenters. The summed E-state index contributed by atoms with van der Waals surface area (Å²) in [4.78, 5) is 2.31. The van der Waals surface area contributed by atoms with Crippen molar-refractivity contribution >= 4 is 0 Å². The van der Waals surface area contributed by atoms with Crippen molar-refractivity contribution in [2.75, 3.05) is 26.2 Å². The second-order valence-corrected chi connectivity index (χ2v) is 7.49. The summed E-state index contributed by atoms with van der Waals surface area (Å²) in [7, 11) is 0. The van der Waals surface area contributed by atoms with Gasteiger partial charge in [0.05, 0.1) is 19.3 Å². The maximum Gasteiger partial charge on any atom is 0.213 e. The van der Waals surface area contributed by atoms with Crippen molar-refractivity contribution in [1.82, 2.24) is 4.90 Å². The zero-order valence-corrected chi connectivity index (χ0v) is 13.3. The second-order valence-electron chi connectivity index (χ2n) is 7.49. The molecule has 0 aromatic rings. The van der Waals surface area contributed by atoms with Gasteiger partial charge in [-0.05, 0) is 40.0 Å². The van der Waals surface area contributed by atoms with Gasteiger partial charge in [0.15, 0.2) is 5.79 Å². The van der Waals surface area contributed by atoms with Gasteiger partial charge in [0.2, 0.25) is 5.79 Å². The van der Waals surface area contributed by atoms with Gasteiger partial charge in [0, 0.05) is 18.6 Å². The predicted molar refractivity (Wildman–Crippen MR) is 77.6 cm³/mol. The van der Waals surface area contributed by atoms with E-state index in [2.05, 4.69) is 11.8 Å². The monoisotopic (exact) mass is 300 g/mol. The topological polar surface area (TPSA) is 77.2 Å². The smallest absolute Gasteiger partial charge is 0.213 e. The summed E-state index contributed by atoms with van der Waals surface area (Å²) in [5.74, 6) is -1.59. The number of likely N-dealkylation sites (tertiary alicyclic amines) is 1. The average Bonchev–Trinajstić information content (AvgIpc) is 2.64. The summed E-state index contributed by atoms with van der Waals surface area (Å²) in [6, 6.07) is 0. The number of nitrogens with zero attached hydrogens (tertiary/aromatic N) is 1. The summed E-state index contributed by atoms with van der Waals surface area (Å²) in [5, 5.41) is 10.3. The highest BCUT2D eigenvalue weighted by Gasteiger charge is 2.59. The number of piperidine rings is 1. The summed E-state index contributed by atoms with van der Waals surface area (Å²) in [6.45, 7) is 8.81. The van der Waals surface area contributed by atoms with Crippen molar-refractivity contribution in [3.63, 3.8) is 0 Å². The lowest BCUT2D eigenvalue weighted by Crippen LogP contribution is -2.61. The lowest BCUT2D eigenvalue weighted by Gasteiger charge is -2.44. The van der Waals surface area contributed by atoms with Gasteiger partial charge < -0.3 is 25.1 Å². The largest absolute Gasteiger partial charge is 0.390 e. The second kappa shape index (κ2) is 5.15. The van der Waals surface area contributed by atoms with Crippen molar-refractivity contribution in [3.05, 3.63) is 0 Å². The van der Waals surface area contributed by atoms with Crippen LogP contribution in [0.1, 0.15) is 40.0 Å². The van der Waals surface area contributed by atoms with E-state index in [1.165, 1.54) is 0 Å². The van der Waals surface area contributed by atoms with Gasteiger partial charge >= 0.3 is 0 Å². The van der Waals surface area contributed by atoms with Gasteiger partial charge in [-0.2, -0.15) is 0 Å². The fourth-order valence-electron chi connectivity index (χ4n) is 3.58. The Balaban J connectivity index is 1.72. The first-order valence-electron chi connectivity index (χ1n) is 7.93. The third-order valence-corrected chi connectivity index (χ3v) is 4.81. The highest BCUT2D eigenvalue weighted by Crippen LogP contribution is 2.43. The van der Waals surface area contributed by atoms with E-state index in [9.17, 15) is 5.11 Å². The van der Waals surface area contributed by atoms with Crippen molar-refractivity contribution < 1.29 is 19.3 Å². The van der Waals surface area contributed by atoms with Gasteiger partial charge in [0.1, 0.15) is 6.10 Å². The highest BCUT2D eigenvalue weighted by atomic mass is 16.8. The minimum atomic E-state index is -0.858. The van der Waals surface area contributed by atoms with Crippen LogP contribution in [-0.2, 0) is 14.2 Å². The molecule has 0 aromatic heterocycles. The molecule has 3 heterocycles. The molecule has 0 saturated carbocycles. The molecule has 3 N–H and O–H groups in total. The highest BCUT2D eigenvalue weighted by molar-refractivity contribution is 4.99. The van der Waals surface area contributed by atoms with Gasteiger partial charge in [-0.1, -0.05) is 0 Å². The third-order valence-electron chi connectivity index (χ3n) is 4.81. The predicted octanol–water partition coefficient (Wildman–Crippen LogP) is 0.429. The molecule has 0 bridgehead atoms. The van der Waals surface area contributed by atoms with Crippen molar-refractivity contribution in [2.45, 2.75) is 69.4 Å². The summed E-state index contributed by atoms with van der Waals surface area (Å²) < 4.78 is 18.0. The van der Waals surface area contributed by atoms with Gasteiger partial charge in [0.25, 0.3) is 0 Å². The minimum Gasteiger partial charge on any atom is -0.390 e. The number of fused-ring (bicyclic) bond motifs is 1. The molecule has 6 nitrogen and oxygen atoms in total. The molecule has 0 aliphatic carbocycles. The van der Waals surface area contributed by atoms with E-state index in [0.717, 1.165) is 25.9 Å². The maximum atomic E-state index is 10.3. The van der Waals surface area contributed by atoms with E-state index in [-0.39, 0.29) is 5.54 Å². The Bertz CT molecular complexity index is 391. The Morgan fingerprint density at radius 1 is 1.24 bits per heavy atom. The van der Waals surface area contributed by atoms with Crippen LogP contribution in [0.15, 0.2) is 0 Å². The van der Waals surface area contributed by atoms with E-state index >= 15 is 0 Å². The van der Waals surface area contributed by atoms with Crippen LogP contribution >= 0.6 is 0 Å². The van der Waals surface area contributed by atoms with Gasteiger partial charge in [-0.15, -0.1) is 0 Å². The van der Waals surface area contributed by atoms with Crippen LogP contribution in [0.4, 0.5) is 0 Å². The number of rotatable bonds is 2. The molecule has 0 aromatic carbocycles. The molecule has 0 spiro atoms. The SMILES string of the molecule is CC1(N)CCN(C[C@@]23OCC[C@@H](O)[C@@H]2OC(C)(C)O3)CC1. The molecular weight excluding hydrogens is 272 g/mol. The molecule has 3 fully saturated rings. The number of hydrogen-bond acceptors (Lipinski definition) is 6. The lowest BCUT2D eigenvalue weighted by atomic mass is 9.90. The van der Waals surface area contributed by atoms with Crippen molar-refractivity contribution in [1.29, 1.82) is 0 Å². The molecule has 3 aliphatic rings. The standard InChI is InChI=1S/C15H28N2O4/c1-13(2)20-12-11(18)4-9-19-15(12,21-13)10-17-7-5-14(3,16)6-8-17/h11-12,18H,4-10,16H2,1-3H3/t11-,12+,15+/m1/s1. The molecule has 0 amide bonds. The summed E-state index contributed by atoms with van der Waals surface area (Å²) in [5.41, 5.74) is 6.11.